The van der Waals surface area contributed by atoms with Crippen LogP contribution >= 0.6 is 22.9 Å². The Hall–Kier alpha value is -4.35. The minimum absolute atomic E-state index is 0.0784. The zero-order valence-electron chi connectivity index (χ0n) is 25.5. The molecule has 1 aromatic carbocycles. The Bertz CT molecular complexity index is 1860. The van der Waals surface area contributed by atoms with E-state index in [0.717, 1.165) is 69.8 Å². The lowest BCUT2D eigenvalue weighted by Crippen LogP contribution is -2.26. The van der Waals surface area contributed by atoms with E-state index in [0.29, 0.717) is 29.6 Å². The molecule has 3 N–H and O–H groups in total. The predicted molar refractivity (Wildman–Crippen MR) is 178 cm³/mol. The van der Waals surface area contributed by atoms with Crippen molar-refractivity contribution in [1.29, 1.82) is 0 Å². The highest BCUT2D eigenvalue weighted by Gasteiger charge is 2.32. The number of nitrogens with zero attached hydrogens (tertiary/aromatic N) is 5. The third-order valence-corrected chi connectivity index (χ3v) is 9.56. The normalized spacial score (nSPS) is 14.0. The molecule has 5 heterocycles. The molecule has 6 rings (SSSR count). The van der Waals surface area contributed by atoms with E-state index in [-0.39, 0.29) is 18.2 Å². The number of unbranched alkanes of at least 4 members (excludes halogenated alkanes) is 3. The van der Waals surface area contributed by atoms with Crippen LogP contribution in [0.5, 0.6) is 0 Å². The molecule has 1 atom stereocenters. The fraction of sp³-hybridized carbons (Fsp3) is 0.333. The number of aromatic nitrogens is 5. The average Bonchev–Trinajstić information content (AvgIpc) is 3.69. The number of rotatable bonds is 11. The summed E-state index contributed by atoms with van der Waals surface area (Å²) in [5, 5.41) is 17.5. The molecule has 0 spiro atoms. The highest BCUT2D eigenvalue weighted by Crippen LogP contribution is 2.39. The van der Waals surface area contributed by atoms with E-state index in [2.05, 4.69) is 49.2 Å². The molecular weight excluding hydrogens is 608 g/mol. The molecule has 4 aromatic heterocycles. The van der Waals surface area contributed by atoms with Crippen molar-refractivity contribution >= 4 is 51.4 Å². The summed E-state index contributed by atoms with van der Waals surface area (Å²) in [5.41, 5.74) is 5.40. The molecule has 0 unspecified atom stereocenters. The number of fused-ring (bicyclic) bond motifs is 4. The second-order valence-electron chi connectivity index (χ2n) is 11.3. The Morgan fingerprint density at radius 2 is 1.76 bits per heavy atom. The number of pyridine rings is 1. The first-order chi connectivity index (χ1) is 21.8. The van der Waals surface area contributed by atoms with E-state index < -0.39 is 6.04 Å². The van der Waals surface area contributed by atoms with Gasteiger partial charge in [-0.1, -0.05) is 36.6 Å². The van der Waals surface area contributed by atoms with E-state index in [1.165, 1.54) is 4.88 Å². The molecule has 0 aliphatic carbocycles. The number of halogens is 1. The number of amides is 2. The minimum atomic E-state index is -0.492. The van der Waals surface area contributed by atoms with Crippen LogP contribution in [0.25, 0.3) is 15.9 Å². The first-order valence-electron chi connectivity index (χ1n) is 15.1. The Morgan fingerprint density at radius 3 is 2.51 bits per heavy atom. The van der Waals surface area contributed by atoms with Crippen molar-refractivity contribution in [3.8, 4) is 5.00 Å². The maximum atomic E-state index is 13.2. The topological polar surface area (TPSA) is 130 Å². The van der Waals surface area contributed by atoms with Crippen molar-refractivity contribution < 1.29 is 9.59 Å². The predicted octanol–water partition coefficient (Wildman–Crippen LogP) is 6.17. The number of aliphatic imine (C=N–C) groups is 1. The molecule has 12 heteroatoms. The van der Waals surface area contributed by atoms with E-state index in [1.54, 1.807) is 23.7 Å². The van der Waals surface area contributed by atoms with Gasteiger partial charge in [0.05, 0.1) is 12.1 Å². The third kappa shape index (κ3) is 6.55. The van der Waals surface area contributed by atoms with Crippen molar-refractivity contribution in [2.75, 3.05) is 13.1 Å². The summed E-state index contributed by atoms with van der Waals surface area (Å²) >= 11 is 7.89. The van der Waals surface area contributed by atoms with Crippen molar-refractivity contribution in [3.05, 3.63) is 92.7 Å². The van der Waals surface area contributed by atoms with Crippen LogP contribution in [0.4, 0.5) is 0 Å². The van der Waals surface area contributed by atoms with Gasteiger partial charge in [-0.25, -0.2) is 0 Å². The van der Waals surface area contributed by atoms with Crippen LogP contribution in [0.2, 0.25) is 5.02 Å². The molecule has 0 bridgehead atoms. The maximum absolute atomic E-state index is 13.2. The Kier molecular flexibility index (Phi) is 9.09. The lowest BCUT2D eigenvalue weighted by molar-refractivity contribution is -0.121. The van der Waals surface area contributed by atoms with E-state index in [9.17, 15) is 9.59 Å². The van der Waals surface area contributed by atoms with Crippen LogP contribution in [-0.2, 0) is 4.79 Å². The Morgan fingerprint density at radius 1 is 1.00 bits per heavy atom. The standard InChI is InChI=1S/C33H35ClN8O2S/c1-19-20(2)45-33-29(19)30(22-8-10-24(34)11-9-22)39-26(31-41-40-21(3)42(31)33)17-28(43)36-13-6-4-5-7-14-37-32(44)27-16-23-18-35-15-12-25(23)38-27/h8-12,15-16,18,26,38H,4-7,13-14,17H2,1-3H3,(H,36,43)(H,37,44)/t26-/m0/s1. The largest absolute Gasteiger partial charge is 0.356 e. The van der Waals surface area contributed by atoms with Gasteiger partial charge < -0.3 is 15.6 Å². The summed E-state index contributed by atoms with van der Waals surface area (Å²) in [4.78, 5) is 39.2. The van der Waals surface area contributed by atoms with E-state index in [1.807, 2.05) is 43.3 Å². The molecule has 10 nitrogen and oxygen atoms in total. The number of aromatic amines is 1. The summed E-state index contributed by atoms with van der Waals surface area (Å²) in [5.74, 6) is 1.23. The van der Waals surface area contributed by atoms with E-state index in [4.69, 9.17) is 16.6 Å². The fourth-order valence-electron chi connectivity index (χ4n) is 5.60. The number of hydrogen-bond donors (Lipinski definition) is 3. The number of H-pyrrole nitrogens is 1. The molecule has 45 heavy (non-hydrogen) atoms. The number of benzene rings is 1. The Balaban J connectivity index is 1.03. The van der Waals surface area contributed by atoms with Gasteiger partial charge in [0.1, 0.15) is 22.6 Å². The van der Waals surface area contributed by atoms with Crippen molar-refractivity contribution in [2.45, 2.75) is 58.9 Å². The van der Waals surface area contributed by atoms with Crippen LogP contribution in [-0.4, -0.2) is 55.3 Å². The second-order valence-corrected chi connectivity index (χ2v) is 12.9. The molecule has 1 aliphatic heterocycles. The van der Waals surface area contributed by atoms with Gasteiger partial charge in [0, 0.05) is 57.4 Å². The highest BCUT2D eigenvalue weighted by molar-refractivity contribution is 7.15. The summed E-state index contributed by atoms with van der Waals surface area (Å²) in [7, 11) is 0. The summed E-state index contributed by atoms with van der Waals surface area (Å²) in [6, 6.07) is 10.8. The Labute approximate surface area is 270 Å². The first kappa shape index (κ1) is 30.7. The fourth-order valence-corrected chi connectivity index (χ4v) is 6.94. The molecule has 0 saturated carbocycles. The first-order valence-corrected chi connectivity index (χ1v) is 16.3. The minimum Gasteiger partial charge on any atom is -0.356 e. The van der Waals surface area contributed by atoms with E-state index >= 15 is 0 Å². The molecule has 232 valence electrons. The zero-order valence-corrected chi connectivity index (χ0v) is 27.1. The average molecular weight is 643 g/mol. The van der Waals surface area contributed by atoms with Gasteiger partial charge in [0.2, 0.25) is 5.91 Å². The zero-order chi connectivity index (χ0) is 31.5. The van der Waals surface area contributed by atoms with Gasteiger partial charge >= 0.3 is 0 Å². The monoisotopic (exact) mass is 642 g/mol. The number of carbonyl (C=O) groups excluding carboxylic acids is 2. The van der Waals surface area contributed by atoms with Gasteiger partial charge in [-0.15, -0.1) is 21.5 Å². The molecule has 1 aliphatic rings. The van der Waals surface area contributed by atoms with Crippen molar-refractivity contribution in [2.24, 2.45) is 4.99 Å². The third-order valence-electron chi connectivity index (χ3n) is 8.11. The lowest BCUT2D eigenvalue weighted by atomic mass is 9.99. The summed E-state index contributed by atoms with van der Waals surface area (Å²) < 4.78 is 2.05. The molecule has 0 fully saturated rings. The van der Waals surface area contributed by atoms with Crippen LogP contribution in [0.3, 0.4) is 0 Å². The van der Waals surface area contributed by atoms with Crippen LogP contribution in [0.1, 0.15) is 81.9 Å². The number of thiophene rings is 1. The molecule has 5 aromatic rings. The SMILES string of the molecule is Cc1sc2c(c1C)C(c1ccc(Cl)cc1)=N[C@@H](CC(=O)NCCCCCCNC(=O)c1cc3cnccc3[nH]1)c1nnc(C)n1-2. The summed E-state index contributed by atoms with van der Waals surface area (Å²) in [6.45, 7) is 7.32. The molecule has 0 saturated heterocycles. The van der Waals surface area contributed by atoms with Gasteiger partial charge in [-0.05, 0) is 63.4 Å². The van der Waals surface area contributed by atoms with Gasteiger partial charge in [-0.3, -0.25) is 24.1 Å². The second kappa shape index (κ2) is 13.3. The number of aryl methyl sites for hydroxylation is 2. The highest BCUT2D eigenvalue weighted by atomic mass is 35.5. The quantitative estimate of drug-likeness (QED) is 0.148. The smallest absolute Gasteiger partial charge is 0.267 e. The number of nitrogens with one attached hydrogen (secondary N) is 3. The van der Waals surface area contributed by atoms with Crippen LogP contribution in [0.15, 0.2) is 53.8 Å². The van der Waals surface area contributed by atoms with Crippen LogP contribution < -0.4 is 10.6 Å². The van der Waals surface area contributed by atoms with Crippen molar-refractivity contribution in [1.82, 2.24) is 35.4 Å². The van der Waals surface area contributed by atoms with Crippen LogP contribution in [0, 0.1) is 20.8 Å². The lowest BCUT2D eigenvalue weighted by Gasteiger charge is -2.13. The van der Waals surface area contributed by atoms with Gasteiger partial charge in [-0.2, -0.15) is 0 Å². The van der Waals surface area contributed by atoms with Crippen molar-refractivity contribution in [3.63, 3.8) is 0 Å². The van der Waals surface area contributed by atoms with Gasteiger partial charge in [0.25, 0.3) is 5.91 Å². The summed E-state index contributed by atoms with van der Waals surface area (Å²) in [6.07, 6.45) is 7.21. The molecule has 0 radical (unpaired) electrons. The molecule has 2 amide bonds. The van der Waals surface area contributed by atoms with Gasteiger partial charge in [0.15, 0.2) is 5.82 Å². The number of carbonyl (C=O) groups is 2. The molecular formula is C33H35ClN8O2S. The number of hydrogen-bond acceptors (Lipinski definition) is 7. The maximum Gasteiger partial charge on any atom is 0.267 e.